The van der Waals surface area contributed by atoms with Crippen molar-refractivity contribution in [2.24, 2.45) is 5.92 Å². The fraction of sp³-hybridized carbons (Fsp3) is 0.750. The molecule has 19 heavy (non-hydrogen) atoms. The van der Waals surface area contributed by atoms with E-state index in [0.717, 1.165) is 25.8 Å². The molecular formula is C16H27NO2. The first kappa shape index (κ1) is 15.9. The summed E-state index contributed by atoms with van der Waals surface area (Å²) >= 11 is 0. The predicted octanol–water partition coefficient (Wildman–Crippen LogP) is 3.34. The maximum Gasteiger partial charge on any atom is 0.233 e. The van der Waals surface area contributed by atoms with Gasteiger partial charge in [0.25, 0.3) is 0 Å². The highest BCUT2D eigenvalue weighted by molar-refractivity contribution is 6.06. The molecule has 1 unspecified atom stereocenters. The molecule has 1 atom stereocenters. The van der Waals surface area contributed by atoms with Crippen molar-refractivity contribution in [1.82, 2.24) is 4.90 Å². The maximum absolute atomic E-state index is 12.3. The van der Waals surface area contributed by atoms with Gasteiger partial charge in [-0.1, -0.05) is 51.5 Å². The minimum absolute atomic E-state index is 0.0239. The van der Waals surface area contributed by atoms with E-state index >= 15 is 0 Å². The maximum atomic E-state index is 12.3. The Balaban J connectivity index is 2.65. The zero-order valence-corrected chi connectivity index (χ0v) is 12.2. The fourth-order valence-corrected chi connectivity index (χ4v) is 2.66. The molecule has 3 heteroatoms. The van der Waals surface area contributed by atoms with Crippen molar-refractivity contribution in [2.75, 3.05) is 13.6 Å². The lowest BCUT2D eigenvalue weighted by molar-refractivity contribution is -0.139. The van der Waals surface area contributed by atoms with Gasteiger partial charge in [0.15, 0.2) is 5.78 Å². The zero-order chi connectivity index (χ0) is 14.1. The van der Waals surface area contributed by atoms with Crippen LogP contribution >= 0.6 is 0 Å². The standard InChI is InChI=1S/C16H27NO2/c1-3-15(18)14-12-10-8-6-4-5-7-9-11-13-17(2)16(14)19/h3,14H,1,4-13H2,2H3. The Bertz CT molecular complexity index is 312. The molecule has 1 aliphatic heterocycles. The number of hydrogen-bond acceptors (Lipinski definition) is 2. The number of nitrogens with zero attached hydrogens (tertiary/aromatic N) is 1. The highest BCUT2D eigenvalue weighted by Gasteiger charge is 2.26. The fourth-order valence-electron chi connectivity index (χ4n) is 2.66. The average Bonchev–Trinajstić information content (AvgIpc) is 2.43. The van der Waals surface area contributed by atoms with Crippen LogP contribution in [0.5, 0.6) is 0 Å². The summed E-state index contributed by atoms with van der Waals surface area (Å²) < 4.78 is 0. The van der Waals surface area contributed by atoms with E-state index in [2.05, 4.69) is 6.58 Å². The SMILES string of the molecule is C=CC(=O)C1CCCCCCCCCCN(C)C1=O. The van der Waals surface area contributed by atoms with Gasteiger partial charge in [0.05, 0.1) is 0 Å². The molecule has 1 aliphatic rings. The first-order valence-corrected chi connectivity index (χ1v) is 7.58. The molecule has 1 rings (SSSR count). The van der Waals surface area contributed by atoms with Crippen LogP contribution in [0.15, 0.2) is 12.7 Å². The van der Waals surface area contributed by atoms with Crippen LogP contribution in [-0.4, -0.2) is 30.2 Å². The van der Waals surface area contributed by atoms with Crippen LogP contribution in [0.4, 0.5) is 0 Å². The summed E-state index contributed by atoms with van der Waals surface area (Å²) in [5.41, 5.74) is 0. The molecule has 0 spiro atoms. The third kappa shape index (κ3) is 5.58. The van der Waals surface area contributed by atoms with E-state index in [1.807, 2.05) is 7.05 Å². The lowest BCUT2D eigenvalue weighted by Gasteiger charge is -2.22. The molecule has 1 saturated heterocycles. The van der Waals surface area contributed by atoms with Gasteiger partial charge in [0.2, 0.25) is 5.91 Å². The van der Waals surface area contributed by atoms with Crippen LogP contribution in [0.2, 0.25) is 0 Å². The summed E-state index contributed by atoms with van der Waals surface area (Å²) in [5, 5.41) is 0. The molecule has 0 radical (unpaired) electrons. The van der Waals surface area contributed by atoms with Crippen LogP contribution < -0.4 is 0 Å². The summed E-state index contributed by atoms with van der Waals surface area (Å²) in [7, 11) is 1.81. The topological polar surface area (TPSA) is 37.4 Å². The third-order valence-electron chi connectivity index (χ3n) is 3.96. The molecule has 0 aliphatic carbocycles. The minimum Gasteiger partial charge on any atom is -0.345 e. The van der Waals surface area contributed by atoms with Crippen LogP contribution in [0.25, 0.3) is 0 Å². The van der Waals surface area contributed by atoms with E-state index in [1.54, 1.807) is 4.90 Å². The Labute approximate surface area is 117 Å². The van der Waals surface area contributed by atoms with Crippen LogP contribution in [0.1, 0.15) is 57.8 Å². The molecule has 0 aromatic carbocycles. The van der Waals surface area contributed by atoms with Crippen LogP contribution in [0.3, 0.4) is 0 Å². The lowest BCUT2D eigenvalue weighted by Crippen LogP contribution is -2.37. The second kappa shape index (κ2) is 8.89. The van der Waals surface area contributed by atoms with E-state index < -0.39 is 5.92 Å². The van der Waals surface area contributed by atoms with E-state index in [4.69, 9.17) is 0 Å². The molecule has 1 fully saturated rings. The van der Waals surface area contributed by atoms with Crippen molar-refractivity contribution in [1.29, 1.82) is 0 Å². The van der Waals surface area contributed by atoms with Crippen LogP contribution in [0, 0.1) is 5.92 Å². The smallest absolute Gasteiger partial charge is 0.233 e. The predicted molar refractivity (Wildman–Crippen MR) is 77.9 cm³/mol. The van der Waals surface area contributed by atoms with Crippen molar-refractivity contribution in [2.45, 2.75) is 57.8 Å². The molecular weight excluding hydrogens is 238 g/mol. The van der Waals surface area contributed by atoms with Gasteiger partial charge in [0.1, 0.15) is 5.92 Å². The van der Waals surface area contributed by atoms with Crippen molar-refractivity contribution in [3.63, 3.8) is 0 Å². The minimum atomic E-state index is -0.497. The quantitative estimate of drug-likeness (QED) is 0.567. The highest BCUT2D eigenvalue weighted by atomic mass is 16.2. The van der Waals surface area contributed by atoms with Crippen molar-refractivity contribution >= 4 is 11.7 Å². The number of carbonyl (C=O) groups excluding carboxylic acids is 2. The van der Waals surface area contributed by atoms with Crippen molar-refractivity contribution in [3.05, 3.63) is 12.7 Å². The Hall–Kier alpha value is -1.12. The highest BCUT2D eigenvalue weighted by Crippen LogP contribution is 2.18. The Kier molecular flexibility index (Phi) is 7.46. The number of allylic oxidation sites excluding steroid dienone is 1. The molecule has 108 valence electrons. The third-order valence-corrected chi connectivity index (χ3v) is 3.96. The molecule has 1 amide bonds. The van der Waals surface area contributed by atoms with E-state index in [1.165, 1.54) is 38.2 Å². The Morgan fingerprint density at radius 3 is 2.21 bits per heavy atom. The Morgan fingerprint density at radius 1 is 1.11 bits per heavy atom. The monoisotopic (exact) mass is 265 g/mol. The van der Waals surface area contributed by atoms with Crippen molar-refractivity contribution in [3.8, 4) is 0 Å². The van der Waals surface area contributed by atoms with Crippen molar-refractivity contribution < 1.29 is 9.59 Å². The van der Waals surface area contributed by atoms with Gasteiger partial charge in [-0.3, -0.25) is 9.59 Å². The van der Waals surface area contributed by atoms with E-state index in [-0.39, 0.29) is 11.7 Å². The van der Waals surface area contributed by atoms with Gasteiger partial charge in [-0.2, -0.15) is 0 Å². The second-order valence-electron chi connectivity index (χ2n) is 5.54. The molecule has 3 nitrogen and oxygen atoms in total. The normalized spacial score (nSPS) is 23.9. The first-order chi connectivity index (χ1) is 9.16. The number of amides is 1. The number of carbonyl (C=O) groups is 2. The molecule has 0 aromatic rings. The summed E-state index contributed by atoms with van der Waals surface area (Å²) in [5.74, 6) is -0.640. The van der Waals surface area contributed by atoms with Gasteiger partial charge in [-0.15, -0.1) is 0 Å². The summed E-state index contributed by atoms with van der Waals surface area (Å²) in [6.07, 6.45) is 11.3. The van der Waals surface area contributed by atoms with Gasteiger partial charge < -0.3 is 4.90 Å². The molecule has 1 heterocycles. The lowest BCUT2D eigenvalue weighted by atomic mass is 9.94. The summed E-state index contributed by atoms with van der Waals surface area (Å²) in [4.78, 5) is 25.9. The van der Waals surface area contributed by atoms with Gasteiger partial charge >= 0.3 is 0 Å². The van der Waals surface area contributed by atoms with Gasteiger partial charge in [-0.05, 0) is 18.9 Å². The molecule has 0 bridgehead atoms. The summed E-state index contributed by atoms with van der Waals surface area (Å²) in [6, 6.07) is 0. The van der Waals surface area contributed by atoms with Gasteiger partial charge in [-0.25, -0.2) is 0 Å². The molecule has 0 saturated carbocycles. The average molecular weight is 265 g/mol. The number of hydrogen-bond donors (Lipinski definition) is 0. The van der Waals surface area contributed by atoms with Crippen LogP contribution in [-0.2, 0) is 9.59 Å². The number of rotatable bonds is 2. The van der Waals surface area contributed by atoms with E-state index in [9.17, 15) is 9.59 Å². The van der Waals surface area contributed by atoms with E-state index in [0.29, 0.717) is 6.42 Å². The number of ketones is 1. The molecule has 0 aromatic heterocycles. The zero-order valence-electron chi connectivity index (χ0n) is 12.2. The first-order valence-electron chi connectivity index (χ1n) is 7.58. The second-order valence-corrected chi connectivity index (χ2v) is 5.54. The largest absolute Gasteiger partial charge is 0.345 e. The summed E-state index contributed by atoms with van der Waals surface area (Å²) in [6.45, 7) is 4.28. The Morgan fingerprint density at radius 2 is 1.63 bits per heavy atom. The van der Waals surface area contributed by atoms with Gasteiger partial charge in [0, 0.05) is 13.6 Å². The molecule has 0 N–H and O–H groups in total.